The lowest BCUT2D eigenvalue weighted by molar-refractivity contribution is -0.135. The molecule has 19 heavy (non-hydrogen) atoms. The minimum Gasteiger partial charge on any atom is -0.392 e. The molecule has 4 N–H and O–H groups in total. The normalized spacial score (nSPS) is 9.84. The molecule has 0 spiro atoms. The molecule has 0 aromatic heterocycles. The summed E-state index contributed by atoms with van der Waals surface area (Å²) in [4.78, 5) is 23.1. The minimum absolute atomic E-state index is 0.0661. The highest BCUT2D eigenvalue weighted by atomic mass is 79.9. The molecule has 0 aliphatic carbocycles. The number of halogens is 3. The summed E-state index contributed by atoms with van der Waals surface area (Å²) in [6, 6.07) is 3.08. The third-order valence-electron chi connectivity index (χ3n) is 1.87. The van der Waals surface area contributed by atoms with Gasteiger partial charge < -0.3 is 16.4 Å². The summed E-state index contributed by atoms with van der Waals surface area (Å²) in [6.07, 6.45) is 0. The molecule has 1 rings (SSSR count). The summed E-state index contributed by atoms with van der Waals surface area (Å²) in [5.41, 5.74) is 5.35. The van der Waals surface area contributed by atoms with Crippen molar-refractivity contribution in [3.8, 4) is 0 Å². The molecule has 0 atom stereocenters. The Labute approximate surface area is 132 Å². The molecule has 1 aromatic rings. The number of hydrogen-bond acceptors (Lipinski definition) is 3. The first-order valence-corrected chi connectivity index (χ1v) is 6.79. The van der Waals surface area contributed by atoms with Gasteiger partial charge in [-0.3, -0.25) is 9.59 Å². The molecule has 0 radical (unpaired) electrons. The van der Waals surface area contributed by atoms with Crippen LogP contribution >= 0.6 is 51.3 Å². The molecule has 5 nitrogen and oxygen atoms in total. The maximum atomic E-state index is 11.6. The van der Waals surface area contributed by atoms with Gasteiger partial charge in [-0.05, 0) is 12.1 Å². The summed E-state index contributed by atoms with van der Waals surface area (Å²) in [5.74, 6) is -1.80. The van der Waals surface area contributed by atoms with Gasteiger partial charge in [0.2, 0.25) is 0 Å². The lowest BCUT2D eigenvalue weighted by Crippen LogP contribution is -2.39. The second-order valence-corrected chi connectivity index (χ2v) is 5.60. The van der Waals surface area contributed by atoms with Gasteiger partial charge in [0.25, 0.3) is 0 Å². The van der Waals surface area contributed by atoms with Crippen LogP contribution in [0.5, 0.6) is 0 Å². The molecule has 0 saturated carbocycles. The van der Waals surface area contributed by atoms with Crippen molar-refractivity contribution in [2.45, 2.75) is 0 Å². The predicted molar refractivity (Wildman–Crippen MR) is 82.6 cm³/mol. The van der Waals surface area contributed by atoms with Gasteiger partial charge in [-0.2, -0.15) is 0 Å². The Bertz CT molecular complexity index is 531. The number of hydrogen-bond donors (Lipinski definition) is 3. The van der Waals surface area contributed by atoms with Crippen LogP contribution in [-0.2, 0) is 9.59 Å². The molecule has 9 heteroatoms. The van der Waals surface area contributed by atoms with Gasteiger partial charge in [0, 0.05) is 4.47 Å². The number of nitrogens with two attached hydrogens (primary N) is 1. The van der Waals surface area contributed by atoms with Crippen molar-refractivity contribution in [3.05, 3.63) is 26.7 Å². The van der Waals surface area contributed by atoms with Gasteiger partial charge in [-0.25, -0.2) is 0 Å². The molecule has 0 unspecified atom stereocenters. The number of thiocarbonyl (C=S) groups is 1. The van der Waals surface area contributed by atoms with Crippen molar-refractivity contribution < 1.29 is 9.59 Å². The van der Waals surface area contributed by atoms with Gasteiger partial charge in [-0.1, -0.05) is 51.3 Å². The molecule has 0 bridgehead atoms. The van der Waals surface area contributed by atoms with Crippen LogP contribution in [0.25, 0.3) is 0 Å². The first kappa shape index (κ1) is 16.2. The van der Waals surface area contributed by atoms with Gasteiger partial charge in [0.05, 0.1) is 27.3 Å². The van der Waals surface area contributed by atoms with Crippen molar-refractivity contribution in [2.75, 3.05) is 11.9 Å². The molecule has 0 aliphatic heterocycles. The second-order valence-electron chi connectivity index (χ2n) is 3.35. The highest BCUT2D eigenvalue weighted by Crippen LogP contribution is 2.33. The Kier molecular flexibility index (Phi) is 5.99. The van der Waals surface area contributed by atoms with Crippen LogP contribution in [0.15, 0.2) is 16.6 Å². The first-order chi connectivity index (χ1) is 8.81. The van der Waals surface area contributed by atoms with Gasteiger partial charge in [0.1, 0.15) is 0 Å². The Hall–Kier alpha value is -0.890. The zero-order chi connectivity index (χ0) is 14.6. The van der Waals surface area contributed by atoms with Crippen LogP contribution in [0.1, 0.15) is 0 Å². The van der Waals surface area contributed by atoms with E-state index in [9.17, 15) is 9.59 Å². The summed E-state index contributed by atoms with van der Waals surface area (Å²) in [6.45, 7) is -0.0661. The highest BCUT2D eigenvalue weighted by molar-refractivity contribution is 9.10. The van der Waals surface area contributed by atoms with E-state index in [-0.39, 0.29) is 27.3 Å². The van der Waals surface area contributed by atoms with Crippen LogP contribution in [0.2, 0.25) is 10.0 Å². The van der Waals surface area contributed by atoms with Crippen LogP contribution < -0.4 is 16.4 Å². The van der Waals surface area contributed by atoms with E-state index in [4.69, 9.17) is 28.9 Å². The molecule has 0 heterocycles. The van der Waals surface area contributed by atoms with Crippen LogP contribution in [0.4, 0.5) is 5.69 Å². The molecule has 0 saturated heterocycles. The number of carbonyl (C=O) groups excluding carboxylic acids is 2. The molecular formula is C10H8BrCl2N3O2S. The molecule has 2 amide bonds. The molecule has 102 valence electrons. The van der Waals surface area contributed by atoms with Crippen molar-refractivity contribution in [1.82, 2.24) is 5.32 Å². The zero-order valence-electron chi connectivity index (χ0n) is 9.30. The number of nitrogens with one attached hydrogen (secondary N) is 2. The standard InChI is InChI=1S/C10H8BrCl2N3O2S/c11-4-1-5(12)8(6(13)2-4)16-10(18)9(17)15-3-7(14)19/h1-2H,3H2,(H2,14,19)(H,15,17)(H,16,18). The molecular weight excluding hydrogens is 377 g/mol. The predicted octanol–water partition coefficient (Wildman–Crippen LogP) is 2.10. The van der Waals surface area contributed by atoms with Gasteiger partial charge in [-0.15, -0.1) is 0 Å². The maximum Gasteiger partial charge on any atom is 0.313 e. The van der Waals surface area contributed by atoms with E-state index < -0.39 is 11.8 Å². The Balaban J connectivity index is 2.77. The van der Waals surface area contributed by atoms with E-state index in [0.29, 0.717) is 4.47 Å². The SMILES string of the molecule is NC(=S)CNC(=O)C(=O)Nc1c(Cl)cc(Br)cc1Cl. The van der Waals surface area contributed by atoms with E-state index >= 15 is 0 Å². The van der Waals surface area contributed by atoms with E-state index in [1.54, 1.807) is 0 Å². The van der Waals surface area contributed by atoms with Crippen molar-refractivity contribution in [3.63, 3.8) is 0 Å². The fraction of sp³-hybridized carbons (Fsp3) is 0.100. The summed E-state index contributed by atoms with van der Waals surface area (Å²) in [5, 5.41) is 4.96. The van der Waals surface area contributed by atoms with Gasteiger partial charge in [0.15, 0.2) is 0 Å². The first-order valence-electron chi connectivity index (χ1n) is 4.83. The smallest absolute Gasteiger partial charge is 0.313 e. The van der Waals surface area contributed by atoms with Crippen molar-refractivity contribution in [1.29, 1.82) is 0 Å². The average Bonchev–Trinajstić information content (AvgIpc) is 2.30. The fourth-order valence-electron chi connectivity index (χ4n) is 1.08. The lowest BCUT2D eigenvalue weighted by Gasteiger charge is -2.09. The number of anilines is 1. The number of rotatable bonds is 3. The quantitative estimate of drug-likeness (QED) is 0.550. The highest BCUT2D eigenvalue weighted by Gasteiger charge is 2.17. The van der Waals surface area contributed by atoms with Crippen molar-refractivity contribution in [2.24, 2.45) is 5.73 Å². The molecule has 0 fully saturated rings. The minimum atomic E-state index is -0.914. The molecule has 0 aliphatic rings. The topological polar surface area (TPSA) is 84.2 Å². The monoisotopic (exact) mass is 383 g/mol. The Morgan fingerprint density at radius 2 is 1.79 bits per heavy atom. The summed E-state index contributed by atoms with van der Waals surface area (Å²) < 4.78 is 0.651. The molecule has 1 aromatic carbocycles. The van der Waals surface area contributed by atoms with Gasteiger partial charge >= 0.3 is 11.8 Å². The fourth-order valence-corrected chi connectivity index (χ4v) is 2.45. The average molecular weight is 385 g/mol. The third-order valence-corrected chi connectivity index (χ3v) is 3.07. The Morgan fingerprint density at radius 3 is 2.26 bits per heavy atom. The van der Waals surface area contributed by atoms with E-state index in [1.165, 1.54) is 12.1 Å². The summed E-state index contributed by atoms with van der Waals surface area (Å²) >= 11 is 19.6. The zero-order valence-corrected chi connectivity index (χ0v) is 13.2. The second kappa shape index (κ2) is 7.04. The maximum absolute atomic E-state index is 11.6. The number of benzene rings is 1. The largest absolute Gasteiger partial charge is 0.392 e. The van der Waals surface area contributed by atoms with E-state index in [1.807, 2.05) is 0 Å². The van der Waals surface area contributed by atoms with E-state index in [2.05, 4.69) is 38.8 Å². The lowest BCUT2D eigenvalue weighted by atomic mass is 10.3. The van der Waals surface area contributed by atoms with Crippen LogP contribution in [-0.4, -0.2) is 23.3 Å². The summed E-state index contributed by atoms with van der Waals surface area (Å²) in [7, 11) is 0. The van der Waals surface area contributed by atoms with Crippen LogP contribution in [0, 0.1) is 0 Å². The van der Waals surface area contributed by atoms with Crippen molar-refractivity contribution >= 4 is 73.8 Å². The number of carbonyl (C=O) groups is 2. The van der Waals surface area contributed by atoms with Crippen LogP contribution in [0.3, 0.4) is 0 Å². The third kappa shape index (κ3) is 4.94. The Morgan fingerprint density at radius 1 is 1.26 bits per heavy atom. The van der Waals surface area contributed by atoms with E-state index in [0.717, 1.165) is 0 Å². The number of amides is 2.